The Bertz CT molecular complexity index is 967. The predicted molar refractivity (Wildman–Crippen MR) is 102 cm³/mol. The highest BCUT2D eigenvalue weighted by atomic mass is 16.1. The highest BCUT2D eigenvalue weighted by molar-refractivity contribution is 6.09. The molecule has 0 aliphatic rings. The average Bonchev–Trinajstić information content (AvgIpc) is 2.98. The van der Waals surface area contributed by atoms with E-state index in [-0.39, 0.29) is 0 Å². The fraction of sp³-hybridized carbons (Fsp3) is 0.136. The lowest BCUT2D eigenvalue weighted by Crippen LogP contribution is -1.99. The second kappa shape index (κ2) is 7.14. The molecule has 0 atom stereocenters. The van der Waals surface area contributed by atoms with Crippen molar-refractivity contribution in [3.05, 3.63) is 83.9 Å². The van der Waals surface area contributed by atoms with Gasteiger partial charge in [0.05, 0.1) is 0 Å². The SMILES string of the molecule is CC.O=Cc1ccc2c(c1)c1ccccc1n2Cc1ccccc1. The zero-order valence-electron chi connectivity index (χ0n) is 14.1. The summed E-state index contributed by atoms with van der Waals surface area (Å²) in [6.45, 7) is 4.82. The molecule has 4 aromatic rings. The van der Waals surface area contributed by atoms with Gasteiger partial charge in [-0.1, -0.05) is 62.4 Å². The summed E-state index contributed by atoms with van der Waals surface area (Å²) in [5.41, 5.74) is 4.35. The van der Waals surface area contributed by atoms with Gasteiger partial charge in [-0.2, -0.15) is 0 Å². The van der Waals surface area contributed by atoms with Gasteiger partial charge in [-0.25, -0.2) is 0 Å². The van der Waals surface area contributed by atoms with Crippen molar-refractivity contribution in [2.24, 2.45) is 0 Å². The van der Waals surface area contributed by atoms with E-state index >= 15 is 0 Å². The van der Waals surface area contributed by atoms with Gasteiger partial charge in [-0.3, -0.25) is 4.79 Å². The molecule has 0 radical (unpaired) electrons. The van der Waals surface area contributed by atoms with Crippen LogP contribution >= 0.6 is 0 Å². The Morgan fingerprint density at radius 3 is 2.21 bits per heavy atom. The van der Waals surface area contributed by atoms with E-state index in [1.165, 1.54) is 16.5 Å². The van der Waals surface area contributed by atoms with E-state index in [0.29, 0.717) is 0 Å². The smallest absolute Gasteiger partial charge is 0.150 e. The molecule has 0 amide bonds. The Morgan fingerprint density at radius 2 is 1.46 bits per heavy atom. The Labute approximate surface area is 142 Å². The first-order valence-electron chi connectivity index (χ1n) is 8.37. The van der Waals surface area contributed by atoms with Crippen LogP contribution in [-0.4, -0.2) is 10.9 Å². The molecule has 0 aliphatic heterocycles. The van der Waals surface area contributed by atoms with Gasteiger partial charge in [0.15, 0.2) is 0 Å². The molecule has 0 saturated heterocycles. The molecular formula is C22H21NO. The van der Waals surface area contributed by atoms with Crippen molar-refractivity contribution in [2.45, 2.75) is 20.4 Å². The van der Waals surface area contributed by atoms with Crippen molar-refractivity contribution >= 4 is 28.1 Å². The van der Waals surface area contributed by atoms with Crippen LogP contribution in [0, 0.1) is 0 Å². The van der Waals surface area contributed by atoms with Crippen molar-refractivity contribution in [1.82, 2.24) is 4.57 Å². The van der Waals surface area contributed by atoms with Crippen LogP contribution in [0.3, 0.4) is 0 Å². The largest absolute Gasteiger partial charge is 0.336 e. The van der Waals surface area contributed by atoms with Crippen molar-refractivity contribution < 1.29 is 4.79 Å². The third-order valence-electron chi connectivity index (χ3n) is 4.12. The molecule has 2 heteroatoms. The molecule has 0 bridgehead atoms. The van der Waals surface area contributed by atoms with Crippen LogP contribution < -0.4 is 0 Å². The van der Waals surface area contributed by atoms with Crippen LogP contribution in [0.2, 0.25) is 0 Å². The summed E-state index contributed by atoms with van der Waals surface area (Å²) in [7, 11) is 0. The number of para-hydroxylation sites is 1. The summed E-state index contributed by atoms with van der Waals surface area (Å²) in [6, 6.07) is 24.7. The first kappa shape index (κ1) is 16.0. The van der Waals surface area contributed by atoms with Crippen LogP contribution in [0.4, 0.5) is 0 Å². The molecule has 1 aromatic heterocycles. The first-order valence-corrected chi connectivity index (χ1v) is 8.37. The number of nitrogens with zero attached hydrogens (tertiary/aromatic N) is 1. The molecule has 120 valence electrons. The molecular weight excluding hydrogens is 294 g/mol. The topological polar surface area (TPSA) is 22.0 Å². The van der Waals surface area contributed by atoms with Crippen molar-refractivity contribution in [2.75, 3.05) is 0 Å². The maximum atomic E-state index is 11.1. The number of fused-ring (bicyclic) bond motifs is 3. The lowest BCUT2D eigenvalue weighted by molar-refractivity contribution is 0.112. The molecule has 4 rings (SSSR count). The Kier molecular flexibility index (Phi) is 4.76. The van der Waals surface area contributed by atoms with Gasteiger partial charge in [0.1, 0.15) is 6.29 Å². The fourth-order valence-corrected chi connectivity index (χ4v) is 3.08. The van der Waals surface area contributed by atoms with E-state index < -0.39 is 0 Å². The minimum Gasteiger partial charge on any atom is -0.336 e. The second-order valence-electron chi connectivity index (χ2n) is 5.48. The van der Waals surface area contributed by atoms with Crippen LogP contribution in [0.25, 0.3) is 21.8 Å². The number of aromatic nitrogens is 1. The van der Waals surface area contributed by atoms with Gasteiger partial charge < -0.3 is 4.57 Å². The number of carbonyl (C=O) groups is 1. The fourth-order valence-electron chi connectivity index (χ4n) is 3.08. The van der Waals surface area contributed by atoms with Gasteiger partial charge in [-0.05, 0) is 29.8 Å². The average molecular weight is 315 g/mol. The summed E-state index contributed by atoms with van der Waals surface area (Å²) in [4.78, 5) is 11.1. The van der Waals surface area contributed by atoms with E-state index in [9.17, 15) is 4.79 Å². The highest BCUT2D eigenvalue weighted by Crippen LogP contribution is 2.30. The lowest BCUT2D eigenvalue weighted by atomic mass is 10.1. The summed E-state index contributed by atoms with van der Waals surface area (Å²) >= 11 is 0. The molecule has 0 unspecified atom stereocenters. The van der Waals surface area contributed by atoms with Crippen LogP contribution in [0.5, 0.6) is 0 Å². The molecule has 0 aliphatic carbocycles. The Morgan fingerprint density at radius 1 is 0.792 bits per heavy atom. The van der Waals surface area contributed by atoms with E-state index in [1.54, 1.807) is 0 Å². The summed E-state index contributed by atoms with van der Waals surface area (Å²) in [6.07, 6.45) is 0.906. The number of aldehydes is 1. The predicted octanol–water partition coefficient (Wildman–Crippen LogP) is 5.68. The van der Waals surface area contributed by atoms with Crippen LogP contribution in [-0.2, 0) is 6.54 Å². The number of hydrogen-bond donors (Lipinski definition) is 0. The van der Waals surface area contributed by atoms with Gasteiger partial charge >= 0.3 is 0 Å². The monoisotopic (exact) mass is 315 g/mol. The zero-order valence-corrected chi connectivity index (χ0v) is 14.1. The number of rotatable bonds is 3. The normalized spacial score (nSPS) is 10.4. The Balaban J connectivity index is 0.000000815. The van der Waals surface area contributed by atoms with Crippen molar-refractivity contribution in [3.63, 3.8) is 0 Å². The first-order chi connectivity index (χ1) is 11.9. The molecule has 0 N–H and O–H groups in total. The number of carbonyl (C=O) groups excluding carboxylic acids is 1. The van der Waals surface area contributed by atoms with Gasteiger partial charge in [0.25, 0.3) is 0 Å². The molecule has 1 heterocycles. The quantitative estimate of drug-likeness (QED) is 0.446. The molecule has 0 spiro atoms. The van der Waals surface area contributed by atoms with Crippen LogP contribution in [0.15, 0.2) is 72.8 Å². The number of benzene rings is 3. The van der Waals surface area contributed by atoms with E-state index in [0.717, 1.165) is 29.3 Å². The molecule has 2 nitrogen and oxygen atoms in total. The third-order valence-corrected chi connectivity index (χ3v) is 4.12. The minimum atomic E-state index is 0.718. The van der Waals surface area contributed by atoms with E-state index in [2.05, 4.69) is 47.0 Å². The summed E-state index contributed by atoms with van der Waals surface area (Å²) < 4.78 is 2.31. The van der Waals surface area contributed by atoms with Crippen molar-refractivity contribution in [3.8, 4) is 0 Å². The summed E-state index contributed by atoms with van der Waals surface area (Å²) in [5.74, 6) is 0. The number of hydrogen-bond acceptors (Lipinski definition) is 1. The maximum absolute atomic E-state index is 11.1. The Hall–Kier alpha value is -2.87. The van der Waals surface area contributed by atoms with E-state index in [1.807, 2.05) is 44.2 Å². The van der Waals surface area contributed by atoms with Crippen LogP contribution in [0.1, 0.15) is 29.8 Å². The van der Waals surface area contributed by atoms with Gasteiger partial charge in [0.2, 0.25) is 0 Å². The van der Waals surface area contributed by atoms with E-state index in [4.69, 9.17) is 0 Å². The van der Waals surface area contributed by atoms with Gasteiger partial charge in [-0.15, -0.1) is 0 Å². The van der Waals surface area contributed by atoms with Crippen molar-refractivity contribution in [1.29, 1.82) is 0 Å². The minimum absolute atomic E-state index is 0.718. The molecule has 0 fully saturated rings. The molecule has 3 aromatic carbocycles. The molecule has 0 saturated carbocycles. The highest BCUT2D eigenvalue weighted by Gasteiger charge is 2.10. The third kappa shape index (κ3) is 2.83. The second-order valence-corrected chi connectivity index (χ2v) is 5.48. The lowest BCUT2D eigenvalue weighted by Gasteiger charge is -2.07. The van der Waals surface area contributed by atoms with Gasteiger partial charge in [0, 0.05) is 33.9 Å². The standard InChI is InChI=1S/C20H15NO.C2H6/c22-14-16-10-11-20-18(12-16)17-8-4-5-9-19(17)21(20)13-15-6-2-1-3-7-15;1-2/h1-12,14H,13H2;1-2H3. The zero-order chi connectivity index (χ0) is 16.9. The summed E-state index contributed by atoms with van der Waals surface area (Å²) in [5, 5.41) is 2.33. The molecule has 24 heavy (non-hydrogen) atoms. The maximum Gasteiger partial charge on any atom is 0.150 e.